The number of hydrazone groups is 1. The van der Waals surface area contributed by atoms with Crippen molar-refractivity contribution < 1.29 is 0 Å². The van der Waals surface area contributed by atoms with E-state index in [1.54, 1.807) is 18.3 Å². The molecule has 0 spiro atoms. The summed E-state index contributed by atoms with van der Waals surface area (Å²) < 4.78 is 0. The van der Waals surface area contributed by atoms with E-state index in [2.05, 4.69) is 25.7 Å². The van der Waals surface area contributed by atoms with Gasteiger partial charge in [-0.25, -0.2) is 4.98 Å². The van der Waals surface area contributed by atoms with Crippen LogP contribution in [0.4, 0.5) is 5.69 Å². The Balaban J connectivity index is 2.11. The number of thioether (sulfide) groups is 1. The molecule has 2 aromatic rings. The van der Waals surface area contributed by atoms with Crippen molar-refractivity contribution in [3.8, 4) is 0 Å². The molecule has 0 radical (unpaired) electrons. The van der Waals surface area contributed by atoms with Gasteiger partial charge in [0.05, 0.1) is 17.6 Å². The molecule has 1 N–H and O–H groups in total. The second-order valence-corrected chi connectivity index (χ2v) is 4.85. The zero-order valence-corrected chi connectivity index (χ0v) is 12.0. The van der Waals surface area contributed by atoms with Crippen molar-refractivity contribution in [3.63, 3.8) is 0 Å². The van der Waals surface area contributed by atoms with Gasteiger partial charge in [-0.1, -0.05) is 23.4 Å². The summed E-state index contributed by atoms with van der Waals surface area (Å²) >= 11 is 7.25. The molecule has 0 unspecified atom stereocenters. The van der Waals surface area contributed by atoms with Crippen LogP contribution in [-0.2, 0) is 0 Å². The summed E-state index contributed by atoms with van der Waals surface area (Å²) in [6, 6.07) is 7.30. The van der Waals surface area contributed by atoms with Gasteiger partial charge in [0, 0.05) is 5.02 Å². The maximum Gasteiger partial charge on any atom is 0.209 e. The number of nitrogens with one attached hydrogen (secondary N) is 1. The van der Waals surface area contributed by atoms with Gasteiger partial charge in [-0.2, -0.15) is 10.2 Å². The molecule has 0 aliphatic carbocycles. The highest BCUT2D eigenvalue weighted by Gasteiger charge is 2.02. The number of aromatic nitrogens is 3. The maximum atomic E-state index is 5.81. The van der Waals surface area contributed by atoms with Crippen LogP contribution < -0.4 is 5.43 Å². The lowest BCUT2D eigenvalue weighted by atomic mass is 10.3. The van der Waals surface area contributed by atoms with Gasteiger partial charge in [0.2, 0.25) is 5.16 Å². The summed E-state index contributed by atoms with van der Waals surface area (Å²) in [6.07, 6.45) is 3.49. The summed E-state index contributed by atoms with van der Waals surface area (Å²) in [5.41, 5.74) is 5.23. The van der Waals surface area contributed by atoms with Crippen molar-refractivity contribution >= 4 is 34.8 Å². The van der Waals surface area contributed by atoms with Gasteiger partial charge >= 0.3 is 0 Å². The third-order valence-electron chi connectivity index (χ3n) is 2.29. The molecule has 2 rings (SSSR count). The first-order chi connectivity index (χ1) is 9.19. The highest BCUT2D eigenvalue weighted by Crippen LogP contribution is 2.13. The standard InChI is InChI=1S/C12H12ClN5S/c1-8(11-7-14-18-12(15-11)19-2)16-17-10-5-3-9(13)4-6-10/h3-7,17H,1-2H3. The Morgan fingerprint density at radius 2 is 2.05 bits per heavy atom. The van der Waals surface area contributed by atoms with E-state index >= 15 is 0 Å². The largest absolute Gasteiger partial charge is 0.278 e. The van der Waals surface area contributed by atoms with Crippen molar-refractivity contribution in [1.29, 1.82) is 0 Å². The molecule has 1 aromatic carbocycles. The van der Waals surface area contributed by atoms with Crippen LogP contribution in [-0.4, -0.2) is 27.1 Å². The van der Waals surface area contributed by atoms with Crippen molar-refractivity contribution in [1.82, 2.24) is 15.2 Å². The second-order valence-electron chi connectivity index (χ2n) is 3.64. The van der Waals surface area contributed by atoms with Crippen molar-refractivity contribution in [3.05, 3.63) is 41.2 Å². The van der Waals surface area contributed by atoms with Crippen LogP contribution in [0.5, 0.6) is 0 Å². The van der Waals surface area contributed by atoms with Crippen LogP contribution in [0.25, 0.3) is 0 Å². The summed E-state index contributed by atoms with van der Waals surface area (Å²) in [5, 5.41) is 13.3. The highest BCUT2D eigenvalue weighted by molar-refractivity contribution is 7.98. The lowest BCUT2D eigenvalue weighted by molar-refractivity contribution is 0.833. The van der Waals surface area contributed by atoms with E-state index in [1.807, 2.05) is 25.3 Å². The molecule has 0 fully saturated rings. The van der Waals surface area contributed by atoms with Crippen molar-refractivity contribution in [2.75, 3.05) is 11.7 Å². The molecular formula is C12H12ClN5S. The van der Waals surface area contributed by atoms with Gasteiger partial charge in [0.25, 0.3) is 0 Å². The molecule has 1 heterocycles. The molecule has 0 aliphatic heterocycles. The zero-order valence-electron chi connectivity index (χ0n) is 10.5. The molecule has 0 aliphatic rings. The monoisotopic (exact) mass is 293 g/mol. The van der Waals surface area contributed by atoms with E-state index in [-0.39, 0.29) is 0 Å². The fraction of sp³-hybridized carbons (Fsp3) is 0.167. The molecule has 5 nitrogen and oxygen atoms in total. The molecule has 0 saturated carbocycles. The molecular weight excluding hydrogens is 282 g/mol. The minimum Gasteiger partial charge on any atom is -0.278 e. The summed E-state index contributed by atoms with van der Waals surface area (Å²) in [5.74, 6) is 0. The number of nitrogens with zero attached hydrogens (tertiary/aromatic N) is 4. The minimum absolute atomic E-state index is 0.624. The number of hydrogen-bond acceptors (Lipinski definition) is 6. The Bertz CT molecular complexity index is 585. The number of rotatable bonds is 4. The summed E-state index contributed by atoms with van der Waals surface area (Å²) in [7, 11) is 0. The van der Waals surface area contributed by atoms with E-state index in [1.165, 1.54) is 11.8 Å². The smallest absolute Gasteiger partial charge is 0.209 e. The van der Waals surface area contributed by atoms with E-state index in [9.17, 15) is 0 Å². The Kier molecular flexibility index (Phi) is 4.70. The maximum absolute atomic E-state index is 5.81. The predicted molar refractivity (Wildman–Crippen MR) is 78.9 cm³/mol. The average molecular weight is 294 g/mol. The molecule has 19 heavy (non-hydrogen) atoms. The summed E-state index contributed by atoms with van der Waals surface area (Å²) in [4.78, 5) is 4.32. The third-order valence-corrected chi connectivity index (χ3v) is 3.08. The van der Waals surface area contributed by atoms with Gasteiger partial charge < -0.3 is 0 Å². The van der Waals surface area contributed by atoms with Crippen LogP contribution in [0.15, 0.2) is 40.7 Å². The van der Waals surface area contributed by atoms with E-state index in [4.69, 9.17) is 11.6 Å². The van der Waals surface area contributed by atoms with Crippen LogP contribution >= 0.6 is 23.4 Å². The normalized spacial score (nSPS) is 11.4. The van der Waals surface area contributed by atoms with Gasteiger partial charge in [0.15, 0.2) is 0 Å². The summed E-state index contributed by atoms with van der Waals surface area (Å²) in [6.45, 7) is 1.86. The predicted octanol–water partition coefficient (Wildman–Crippen LogP) is 3.08. The second kappa shape index (κ2) is 6.49. The van der Waals surface area contributed by atoms with Gasteiger partial charge in [-0.15, -0.1) is 5.10 Å². The Labute approximate surface area is 120 Å². The fourth-order valence-corrected chi connectivity index (χ4v) is 1.72. The van der Waals surface area contributed by atoms with Gasteiger partial charge in [-0.3, -0.25) is 5.43 Å². The minimum atomic E-state index is 0.624. The van der Waals surface area contributed by atoms with Crippen LogP contribution in [0, 0.1) is 0 Å². The SMILES string of the molecule is CSc1nncc(C(C)=NNc2ccc(Cl)cc2)n1. The van der Waals surface area contributed by atoms with Crippen LogP contribution in [0.3, 0.4) is 0 Å². The highest BCUT2D eigenvalue weighted by atomic mass is 35.5. The van der Waals surface area contributed by atoms with Crippen LogP contribution in [0.2, 0.25) is 5.02 Å². The first-order valence-electron chi connectivity index (χ1n) is 5.49. The molecule has 0 bridgehead atoms. The fourth-order valence-electron chi connectivity index (χ4n) is 1.28. The number of benzene rings is 1. The first-order valence-corrected chi connectivity index (χ1v) is 7.09. The van der Waals surface area contributed by atoms with Crippen molar-refractivity contribution in [2.24, 2.45) is 5.10 Å². The van der Waals surface area contributed by atoms with Crippen LogP contribution in [0.1, 0.15) is 12.6 Å². The number of anilines is 1. The molecule has 1 aromatic heterocycles. The topological polar surface area (TPSA) is 63.1 Å². The van der Waals surface area contributed by atoms with E-state index < -0.39 is 0 Å². The molecule has 98 valence electrons. The lowest BCUT2D eigenvalue weighted by Gasteiger charge is -2.03. The molecule has 0 amide bonds. The molecule has 0 atom stereocenters. The first kappa shape index (κ1) is 13.8. The van der Waals surface area contributed by atoms with E-state index in [0.717, 1.165) is 11.4 Å². The Morgan fingerprint density at radius 3 is 2.74 bits per heavy atom. The quantitative estimate of drug-likeness (QED) is 0.533. The number of halogens is 1. The van der Waals surface area contributed by atoms with Crippen molar-refractivity contribution in [2.45, 2.75) is 12.1 Å². The van der Waals surface area contributed by atoms with Gasteiger partial charge in [0.1, 0.15) is 5.69 Å². The lowest BCUT2D eigenvalue weighted by Crippen LogP contribution is -2.05. The number of hydrogen-bond donors (Lipinski definition) is 1. The Hall–Kier alpha value is -1.66. The average Bonchev–Trinajstić information content (AvgIpc) is 2.46. The van der Waals surface area contributed by atoms with Gasteiger partial charge in [-0.05, 0) is 37.4 Å². The third kappa shape index (κ3) is 3.90. The molecule has 7 heteroatoms. The molecule has 0 saturated heterocycles. The zero-order chi connectivity index (χ0) is 13.7. The van der Waals surface area contributed by atoms with E-state index in [0.29, 0.717) is 15.9 Å². The Morgan fingerprint density at radius 1 is 1.32 bits per heavy atom.